The molecular formula is C21H30N4O2. The van der Waals surface area contributed by atoms with Crippen molar-refractivity contribution in [2.45, 2.75) is 45.1 Å². The monoisotopic (exact) mass is 370 g/mol. The Morgan fingerprint density at radius 2 is 1.67 bits per heavy atom. The Kier molecular flexibility index (Phi) is 7.13. The molecule has 0 saturated carbocycles. The second-order valence-corrected chi connectivity index (χ2v) is 7.15. The number of likely N-dealkylation sites (tertiary alicyclic amines) is 1. The molecule has 2 aromatic rings. The van der Waals surface area contributed by atoms with Crippen LogP contribution in [0.2, 0.25) is 0 Å². The maximum Gasteiger partial charge on any atom is 0.314 e. The predicted octanol–water partition coefficient (Wildman–Crippen LogP) is 3.12. The lowest BCUT2D eigenvalue weighted by Crippen LogP contribution is -2.39. The van der Waals surface area contributed by atoms with Crippen molar-refractivity contribution in [3.8, 4) is 0 Å². The van der Waals surface area contributed by atoms with Gasteiger partial charge in [0.2, 0.25) is 5.91 Å². The van der Waals surface area contributed by atoms with Crippen molar-refractivity contribution in [3.05, 3.63) is 36.5 Å². The molecule has 0 spiro atoms. The van der Waals surface area contributed by atoms with E-state index >= 15 is 0 Å². The molecule has 0 unspecified atom stereocenters. The summed E-state index contributed by atoms with van der Waals surface area (Å²) < 4.78 is 2.20. The standard InChI is InChI=1S/C21H30N4O2/c26-20(25-14-5-1-2-6-15-25)10-13-23-21(27)22-12-7-16-24-17-11-18-8-3-4-9-19(18)24/h3-4,8-9,11,17H,1-2,5-7,10,12-16H2,(H2,22,23,27). The summed E-state index contributed by atoms with van der Waals surface area (Å²) in [4.78, 5) is 26.0. The summed E-state index contributed by atoms with van der Waals surface area (Å²) in [7, 11) is 0. The molecule has 2 N–H and O–H groups in total. The van der Waals surface area contributed by atoms with E-state index in [-0.39, 0.29) is 11.9 Å². The molecular weight excluding hydrogens is 340 g/mol. The van der Waals surface area contributed by atoms with Crippen molar-refractivity contribution in [3.63, 3.8) is 0 Å². The molecule has 1 saturated heterocycles. The van der Waals surface area contributed by atoms with E-state index in [0.29, 0.717) is 19.5 Å². The zero-order valence-corrected chi connectivity index (χ0v) is 16.0. The molecule has 1 aliphatic heterocycles. The van der Waals surface area contributed by atoms with Crippen LogP contribution in [-0.4, -0.2) is 47.6 Å². The molecule has 27 heavy (non-hydrogen) atoms. The summed E-state index contributed by atoms with van der Waals surface area (Å²) in [6.45, 7) is 3.58. The summed E-state index contributed by atoms with van der Waals surface area (Å²) in [6.07, 6.45) is 7.93. The van der Waals surface area contributed by atoms with Gasteiger partial charge in [0.25, 0.3) is 0 Å². The molecule has 6 nitrogen and oxygen atoms in total. The van der Waals surface area contributed by atoms with Crippen LogP contribution in [0, 0.1) is 0 Å². The van der Waals surface area contributed by atoms with E-state index in [0.717, 1.165) is 38.9 Å². The number of para-hydroxylation sites is 1. The van der Waals surface area contributed by atoms with Gasteiger partial charge >= 0.3 is 6.03 Å². The highest BCUT2D eigenvalue weighted by molar-refractivity contribution is 5.80. The largest absolute Gasteiger partial charge is 0.347 e. The van der Waals surface area contributed by atoms with Gasteiger partial charge in [-0.3, -0.25) is 4.79 Å². The summed E-state index contributed by atoms with van der Waals surface area (Å²) in [5.41, 5.74) is 1.22. The maximum absolute atomic E-state index is 12.2. The molecule has 0 atom stereocenters. The average Bonchev–Trinajstić information content (AvgIpc) is 2.89. The van der Waals surface area contributed by atoms with Gasteiger partial charge in [-0.15, -0.1) is 0 Å². The minimum absolute atomic E-state index is 0.150. The summed E-state index contributed by atoms with van der Waals surface area (Å²) in [5.74, 6) is 0.150. The van der Waals surface area contributed by atoms with Gasteiger partial charge in [-0.25, -0.2) is 4.79 Å². The number of carbonyl (C=O) groups excluding carboxylic acids is 2. The molecule has 0 radical (unpaired) electrons. The lowest BCUT2D eigenvalue weighted by atomic mass is 10.2. The molecule has 1 aromatic heterocycles. The highest BCUT2D eigenvalue weighted by atomic mass is 16.2. The normalized spacial score (nSPS) is 14.7. The van der Waals surface area contributed by atoms with E-state index in [1.165, 1.54) is 23.7 Å². The minimum atomic E-state index is -0.198. The Balaban J connectivity index is 1.29. The molecule has 0 aliphatic carbocycles. The van der Waals surface area contributed by atoms with Crippen LogP contribution in [0.15, 0.2) is 36.5 Å². The van der Waals surface area contributed by atoms with Crippen LogP contribution in [0.1, 0.15) is 38.5 Å². The van der Waals surface area contributed by atoms with Crippen molar-refractivity contribution in [2.75, 3.05) is 26.2 Å². The zero-order valence-electron chi connectivity index (χ0n) is 16.0. The smallest absolute Gasteiger partial charge is 0.314 e. The number of rotatable bonds is 7. The summed E-state index contributed by atoms with van der Waals surface area (Å²) in [5, 5.41) is 6.89. The molecule has 1 fully saturated rings. The van der Waals surface area contributed by atoms with Gasteiger partial charge in [0.15, 0.2) is 0 Å². The number of nitrogens with zero attached hydrogens (tertiary/aromatic N) is 2. The van der Waals surface area contributed by atoms with Gasteiger partial charge in [-0.05, 0) is 36.8 Å². The lowest BCUT2D eigenvalue weighted by Gasteiger charge is -2.20. The predicted molar refractivity (Wildman–Crippen MR) is 108 cm³/mol. The number of aryl methyl sites for hydroxylation is 1. The van der Waals surface area contributed by atoms with Gasteiger partial charge in [0.1, 0.15) is 0 Å². The maximum atomic E-state index is 12.2. The third-order valence-electron chi connectivity index (χ3n) is 5.12. The fraction of sp³-hybridized carbons (Fsp3) is 0.524. The van der Waals surface area contributed by atoms with Crippen LogP contribution in [0.4, 0.5) is 4.79 Å². The van der Waals surface area contributed by atoms with E-state index in [4.69, 9.17) is 0 Å². The SMILES string of the molecule is O=C(NCCCn1ccc2ccccc21)NCCC(=O)N1CCCCCC1. The number of nitrogens with one attached hydrogen (secondary N) is 2. The molecule has 2 heterocycles. The van der Waals surface area contributed by atoms with Crippen molar-refractivity contribution < 1.29 is 9.59 Å². The number of benzene rings is 1. The number of aromatic nitrogens is 1. The highest BCUT2D eigenvalue weighted by Gasteiger charge is 2.15. The molecule has 3 rings (SSSR count). The van der Waals surface area contributed by atoms with E-state index in [1.807, 2.05) is 17.0 Å². The first-order chi connectivity index (χ1) is 13.2. The Morgan fingerprint density at radius 1 is 0.926 bits per heavy atom. The van der Waals surface area contributed by atoms with Gasteiger partial charge in [0, 0.05) is 50.9 Å². The van der Waals surface area contributed by atoms with E-state index in [1.54, 1.807) is 0 Å². The number of urea groups is 1. The number of hydrogen-bond donors (Lipinski definition) is 2. The fourth-order valence-electron chi connectivity index (χ4n) is 3.61. The molecule has 1 aliphatic rings. The van der Waals surface area contributed by atoms with Crippen molar-refractivity contribution in [1.29, 1.82) is 0 Å². The van der Waals surface area contributed by atoms with Crippen molar-refractivity contribution in [1.82, 2.24) is 20.1 Å². The van der Waals surface area contributed by atoms with Crippen LogP contribution < -0.4 is 10.6 Å². The Labute approximate surface area is 160 Å². The van der Waals surface area contributed by atoms with Crippen LogP contribution >= 0.6 is 0 Å². The third-order valence-corrected chi connectivity index (χ3v) is 5.12. The number of amides is 3. The van der Waals surface area contributed by atoms with E-state index in [9.17, 15) is 9.59 Å². The molecule has 1 aromatic carbocycles. The first-order valence-corrected chi connectivity index (χ1v) is 10.1. The van der Waals surface area contributed by atoms with Crippen LogP contribution in [0.5, 0.6) is 0 Å². The molecule has 6 heteroatoms. The molecule has 3 amide bonds. The quantitative estimate of drug-likeness (QED) is 0.736. The van der Waals surface area contributed by atoms with Crippen LogP contribution in [0.25, 0.3) is 10.9 Å². The summed E-state index contributed by atoms with van der Waals surface area (Å²) in [6, 6.07) is 10.2. The first-order valence-electron chi connectivity index (χ1n) is 10.1. The van der Waals surface area contributed by atoms with Crippen LogP contribution in [0.3, 0.4) is 0 Å². The lowest BCUT2D eigenvalue weighted by molar-refractivity contribution is -0.131. The Morgan fingerprint density at radius 3 is 2.48 bits per heavy atom. The second-order valence-electron chi connectivity index (χ2n) is 7.15. The van der Waals surface area contributed by atoms with Gasteiger partial charge < -0.3 is 20.1 Å². The Bertz CT molecular complexity index is 747. The molecule has 0 bridgehead atoms. The van der Waals surface area contributed by atoms with E-state index in [2.05, 4.69) is 39.6 Å². The van der Waals surface area contributed by atoms with Crippen LogP contribution in [-0.2, 0) is 11.3 Å². The van der Waals surface area contributed by atoms with Crippen molar-refractivity contribution >= 4 is 22.8 Å². The highest BCUT2D eigenvalue weighted by Crippen LogP contribution is 2.15. The number of fused-ring (bicyclic) bond motifs is 1. The van der Waals surface area contributed by atoms with Gasteiger partial charge in [-0.2, -0.15) is 0 Å². The fourth-order valence-corrected chi connectivity index (χ4v) is 3.61. The minimum Gasteiger partial charge on any atom is -0.347 e. The first kappa shape index (κ1) is 19.3. The Hall–Kier alpha value is -2.50. The number of hydrogen-bond acceptors (Lipinski definition) is 2. The average molecular weight is 370 g/mol. The topological polar surface area (TPSA) is 66.4 Å². The van der Waals surface area contributed by atoms with Crippen molar-refractivity contribution in [2.24, 2.45) is 0 Å². The summed E-state index contributed by atoms with van der Waals surface area (Å²) >= 11 is 0. The van der Waals surface area contributed by atoms with Gasteiger partial charge in [0.05, 0.1) is 0 Å². The third kappa shape index (κ3) is 5.74. The van der Waals surface area contributed by atoms with E-state index < -0.39 is 0 Å². The zero-order chi connectivity index (χ0) is 18.9. The number of carbonyl (C=O) groups is 2. The second kappa shape index (κ2) is 10.00. The van der Waals surface area contributed by atoms with Gasteiger partial charge in [-0.1, -0.05) is 31.0 Å². The molecule has 146 valence electrons.